The van der Waals surface area contributed by atoms with E-state index in [4.69, 9.17) is 17.2 Å². The Labute approximate surface area is 438 Å². The minimum absolute atomic E-state index is 0.0128. The fourth-order valence-corrected chi connectivity index (χ4v) is 8.06. The van der Waals surface area contributed by atoms with E-state index >= 15 is 0 Å². The first-order chi connectivity index (χ1) is 36.5. The van der Waals surface area contributed by atoms with Gasteiger partial charge in [0, 0.05) is 81.1 Å². The number of nitrogens with one attached hydrogen (secondary N) is 10. The molecular formula is C52H67N15O9. The van der Waals surface area contributed by atoms with E-state index in [0.29, 0.717) is 22.4 Å². The van der Waals surface area contributed by atoms with Crippen LogP contribution in [0, 0.1) is 0 Å². The van der Waals surface area contributed by atoms with E-state index in [9.17, 15) is 43.2 Å². The van der Waals surface area contributed by atoms with E-state index < -0.39 is 96.0 Å². The largest absolute Gasteiger partial charge is 0.370 e. The molecule has 9 amide bonds. The second-order valence-electron chi connectivity index (χ2n) is 17.9. The number of carbonyl (C=O) groups excluding carboxylic acids is 9. The first-order valence-corrected chi connectivity index (χ1v) is 24.8. The third-order valence-corrected chi connectivity index (χ3v) is 11.9. The normalized spacial score (nSPS) is 18.6. The molecule has 3 aromatic carbocycles. The van der Waals surface area contributed by atoms with Crippen molar-refractivity contribution >= 4 is 70.0 Å². The molecule has 16 N–H and O–H groups in total. The van der Waals surface area contributed by atoms with Crippen LogP contribution in [0.1, 0.15) is 61.9 Å². The second kappa shape index (κ2) is 29.6. The molecule has 0 bridgehead atoms. The number of carbonyl (C=O) groups is 9. The molecule has 404 valence electrons. The van der Waals surface area contributed by atoms with E-state index in [2.05, 4.69) is 62.5 Å². The molecule has 0 saturated carbocycles. The van der Waals surface area contributed by atoms with Crippen molar-refractivity contribution in [3.63, 3.8) is 0 Å². The number of amides is 9. The van der Waals surface area contributed by atoms with Gasteiger partial charge in [0.05, 0.1) is 12.9 Å². The van der Waals surface area contributed by atoms with Gasteiger partial charge < -0.3 is 69.7 Å². The number of nitrogens with two attached hydrogens (primary N) is 3. The van der Waals surface area contributed by atoms with Gasteiger partial charge in [-0.1, -0.05) is 85.8 Å². The molecule has 6 rings (SSSR count). The van der Waals surface area contributed by atoms with Crippen LogP contribution >= 0.6 is 0 Å². The second-order valence-corrected chi connectivity index (χ2v) is 17.9. The van der Waals surface area contributed by atoms with Gasteiger partial charge in [-0.25, -0.2) is 4.98 Å². The highest BCUT2D eigenvalue weighted by molar-refractivity contribution is 5.97. The van der Waals surface area contributed by atoms with Crippen LogP contribution in [0.3, 0.4) is 0 Å². The van der Waals surface area contributed by atoms with E-state index in [1.165, 1.54) is 19.4 Å². The van der Waals surface area contributed by atoms with Crippen molar-refractivity contribution in [2.45, 2.75) is 101 Å². The van der Waals surface area contributed by atoms with E-state index in [1.807, 2.05) is 31.2 Å². The van der Waals surface area contributed by atoms with E-state index in [-0.39, 0.29) is 57.5 Å². The predicted molar refractivity (Wildman–Crippen MR) is 282 cm³/mol. The Morgan fingerprint density at radius 1 is 0.724 bits per heavy atom. The maximum absolute atomic E-state index is 14.3. The summed E-state index contributed by atoms with van der Waals surface area (Å²) in [6.07, 6.45) is 4.55. The van der Waals surface area contributed by atoms with Gasteiger partial charge >= 0.3 is 0 Å². The summed E-state index contributed by atoms with van der Waals surface area (Å²) in [5, 5.41) is 21.9. The predicted octanol–water partition coefficient (Wildman–Crippen LogP) is -1.34. The molecule has 0 aliphatic carbocycles. The number of para-hydroxylation sites is 1. The molecule has 76 heavy (non-hydrogen) atoms. The minimum Gasteiger partial charge on any atom is -0.370 e. The number of aliphatic imine (C=N–C) groups is 1. The molecule has 2 aromatic heterocycles. The van der Waals surface area contributed by atoms with Crippen LogP contribution in [-0.2, 0) is 68.8 Å². The zero-order valence-corrected chi connectivity index (χ0v) is 42.4. The van der Waals surface area contributed by atoms with Crippen LogP contribution in [-0.4, -0.2) is 130 Å². The summed E-state index contributed by atoms with van der Waals surface area (Å²) in [5.74, 6) is -6.59. The number of benzene rings is 3. The third-order valence-electron chi connectivity index (χ3n) is 11.9. The van der Waals surface area contributed by atoms with Crippen molar-refractivity contribution in [1.82, 2.24) is 57.5 Å². The quantitative estimate of drug-likeness (QED) is 0.0404. The maximum Gasteiger partial charge on any atom is 0.243 e. The molecular weight excluding hydrogens is 979 g/mol. The Kier molecular flexibility index (Phi) is 22.5. The summed E-state index contributed by atoms with van der Waals surface area (Å²) >= 11 is 0. The van der Waals surface area contributed by atoms with Gasteiger partial charge in [-0.15, -0.1) is 0 Å². The highest BCUT2D eigenvalue weighted by atomic mass is 16.2. The number of H-pyrrole nitrogens is 2. The van der Waals surface area contributed by atoms with Crippen LogP contribution in [0.4, 0.5) is 0 Å². The van der Waals surface area contributed by atoms with Crippen LogP contribution < -0.4 is 59.7 Å². The number of hydrogen-bond donors (Lipinski definition) is 13. The molecule has 3 heterocycles. The fraction of sp³-hybridized carbons (Fsp3) is 0.365. The van der Waals surface area contributed by atoms with Crippen LogP contribution in [0.15, 0.2) is 109 Å². The number of guanidine groups is 1. The zero-order valence-electron chi connectivity index (χ0n) is 42.4. The number of hydrogen-bond acceptors (Lipinski definition) is 11. The third kappa shape index (κ3) is 19.1. The Bertz CT molecular complexity index is 2780. The van der Waals surface area contributed by atoms with Gasteiger partial charge in [0.1, 0.15) is 36.3 Å². The van der Waals surface area contributed by atoms with Crippen molar-refractivity contribution in [3.05, 3.63) is 126 Å². The molecule has 0 radical (unpaired) electrons. The van der Waals surface area contributed by atoms with Crippen LogP contribution in [0.25, 0.3) is 10.9 Å². The number of imidazole rings is 1. The lowest BCUT2D eigenvalue weighted by Gasteiger charge is -2.26. The van der Waals surface area contributed by atoms with E-state index in [0.717, 1.165) is 23.9 Å². The molecule has 24 nitrogen and oxygen atoms in total. The van der Waals surface area contributed by atoms with Crippen LogP contribution in [0.2, 0.25) is 0 Å². The average molecular weight is 1050 g/mol. The monoisotopic (exact) mass is 1050 g/mol. The summed E-state index contributed by atoms with van der Waals surface area (Å²) < 4.78 is 0. The molecule has 24 heteroatoms. The first-order valence-electron chi connectivity index (χ1n) is 24.8. The number of nitrogens with zero attached hydrogens (tertiary/aromatic N) is 2. The van der Waals surface area contributed by atoms with Crippen molar-refractivity contribution < 1.29 is 43.2 Å². The molecule has 1 saturated heterocycles. The standard InChI is InChI=1S/C48H56N12O9.C4H11N3/c1-28(61)55-39(21-30-12-6-3-7-13-30)47(68)57-35-16-17-41(62)51-19-18-36(46(67)58-37(43(49)64)22-31-24-52-34-15-9-8-14-33(31)34)56-42(63)26-53-44(65)38(20-29-10-4-2-5-11-29)59-48(69)40(60-45(35)66)23-32-25-50-27-54-32;1-2-3-7-4(5)6/h2-15,24-25,27,35-40,52H,16-23,26H2,1H3,(H2,49,64)(H,50,54)(H,51,62)(H,53,65)(H,55,61)(H,56,63)(H,57,68)(H,58,67)(H,59,69)(H,60,66);2-3H2,1H3,(H4,5,6,7)/t35?,36?,37-,38?,39?,40-;/m0./s1. The molecule has 1 aliphatic rings. The lowest BCUT2D eigenvalue weighted by atomic mass is 10.0. The number of aromatic amines is 2. The lowest BCUT2D eigenvalue weighted by molar-refractivity contribution is -0.135. The number of aromatic nitrogens is 3. The molecule has 5 aromatic rings. The van der Waals surface area contributed by atoms with Gasteiger partial charge in [-0.2, -0.15) is 0 Å². The summed E-state index contributed by atoms with van der Waals surface area (Å²) in [4.78, 5) is 136. The van der Waals surface area contributed by atoms with Gasteiger partial charge in [-0.3, -0.25) is 48.1 Å². The highest BCUT2D eigenvalue weighted by Crippen LogP contribution is 2.19. The van der Waals surface area contributed by atoms with Gasteiger partial charge in [-0.05, 0) is 42.0 Å². The Hall–Kier alpha value is -9.09. The number of fused-ring (bicyclic) bond motifs is 1. The summed E-state index contributed by atoms with van der Waals surface area (Å²) in [6, 6.07) is 17.1. The van der Waals surface area contributed by atoms with Crippen molar-refractivity contribution in [3.8, 4) is 0 Å². The molecule has 1 fully saturated rings. The first kappa shape index (κ1) is 57.8. The Morgan fingerprint density at radius 2 is 1.39 bits per heavy atom. The number of primary amides is 1. The fourth-order valence-electron chi connectivity index (χ4n) is 8.06. The van der Waals surface area contributed by atoms with Crippen LogP contribution in [0.5, 0.6) is 0 Å². The molecule has 1 aliphatic heterocycles. The smallest absolute Gasteiger partial charge is 0.243 e. The Morgan fingerprint density at radius 3 is 2.04 bits per heavy atom. The summed E-state index contributed by atoms with van der Waals surface area (Å²) in [7, 11) is 0. The topological polar surface area (TPSA) is 385 Å². The highest BCUT2D eigenvalue weighted by Gasteiger charge is 2.33. The Balaban J connectivity index is 0.00000142. The zero-order chi connectivity index (χ0) is 55.0. The minimum atomic E-state index is -1.45. The molecule has 4 unspecified atom stereocenters. The molecule has 0 spiro atoms. The van der Waals surface area contributed by atoms with Gasteiger partial charge in [0.15, 0.2) is 5.96 Å². The van der Waals surface area contributed by atoms with Gasteiger partial charge in [0.2, 0.25) is 53.2 Å². The van der Waals surface area contributed by atoms with Gasteiger partial charge in [0.25, 0.3) is 0 Å². The summed E-state index contributed by atoms with van der Waals surface area (Å²) in [6.45, 7) is 3.16. The van der Waals surface area contributed by atoms with Crippen molar-refractivity contribution in [2.75, 3.05) is 19.6 Å². The van der Waals surface area contributed by atoms with E-state index in [1.54, 1.807) is 66.9 Å². The summed E-state index contributed by atoms with van der Waals surface area (Å²) in [5.41, 5.74) is 19.1. The SMILES string of the molecule is CC(=O)NC(Cc1ccccc1)C(=O)NC1CCC(=O)NCCC(C(=O)N[C@@H](Cc2c[nH]c3ccccc23)C(N)=O)NC(=O)CNC(=O)C(Cc2ccccc2)NC(=O)[C@H](Cc2cnc[nH]2)NC1=O.CCCN=C(N)N. The maximum atomic E-state index is 14.3. The molecule has 6 atom stereocenters. The average Bonchev–Trinajstić information content (AvgIpc) is 4.08. The lowest BCUT2D eigenvalue weighted by Crippen LogP contribution is -2.59. The van der Waals surface area contributed by atoms with Crippen molar-refractivity contribution in [2.24, 2.45) is 22.2 Å². The van der Waals surface area contributed by atoms with Crippen molar-refractivity contribution in [1.29, 1.82) is 0 Å². The number of rotatable bonds is 16.